The highest BCUT2D eigenvalue weighted by atomic mass is 19.1. The molecule has 3 N–H and O–H groups in total. The lowest BCUT2D eigenvalue weighted by molar-refractivity contribution is -0.233. The van der Waals surface area contributed by atoms with Crippen LogP contribution >= 0.6 is 0 Å². The first-order valence-corrected chi connectivity index (χ1v) is 8.82. The Labute approximate surface area is 164 Å². The molecule has 3 heterocycles. The number of alkyl halides is 1. The maximum absolute atomic E-state index is 15.4. The quantitative estimate of drug-likeness (QED) is 0.462. The molecule has 154 valence electrons. The van der Waals surface area contributed by atoms with Gasteiger partial charge in [-0.2, -0.15) is 14.9 Å². The summed E-state index contributed by atoms with van der Waals surface area (Å²) >= 11 is 0. The molecule has 0 radical (unpaired) electrons. The standard InChI is InChI=1S/C18H20FN5O5/c1-18(19)13(25)11(8-27-29-10-6-4-3-5-7-10)28-16(18)24-9-21-12-14(24)22-17(20)23-15(12)26-2/h3-7,9,11,13,16,25H,8H2,1-2H3,(H2,20,22,23)/t11?,13-,16-,18-/m1/s1. The molecule has 0 amide bonds. The molecule has 1 unspecified atom stereocenters. The summed E-state index contributed by atoms with van der Waals surface area (Å²) in [6.45, 7) is 1.03. The molecule has 2 aromatic heterocycles. The van der Waals surface area contributed by atoms with Gasteiger partial charge >= 0.3 is 0 Å². The molecule has 0 spiro atoms. The third kappa shape index (κ3) is 3.43. The van der Waals surface area contributed by atoms with E-state index in [1.807, 2.05) is 6.07 Å². The molecule has 1 aliphatic heterocycles. The summed E-state index contributed by atoms with van der Waals surface area (Å²) in [6.07, 6.45) is -2.37. The van der Waals surface area contributed by atoms with Gasteiger partial charge in [-0.3, -0.25) is 4.57 Å². The summed E-state index contributed by atoms with van der Waals surface area (Å²) in [7, 11) is 1.41. The monoisotopic (exact) mass is 405 g/mol. The topological polar surface area (TPSA) is 127 Å². The summed E-state index contributed by atoms with van der Waals surface area (Å²) < 4.78 is 27.7. The van der Waals surface area contributed by atoms with Crippen LogP contribution in [0.5, 0.6) is 11.6 Å². The molecule has 0 saturated carbocycles. The number of para-hydroxylation sites is 1. The Morgan fingerprint density at radius 1 is 1.31 bits per heavy atom. The van der Waals surface area contributed by atoms with Gasteiger partial charge in [-0.15, -0.1) is 0 Å². The third-order valence-corrected chi connectivity index (χ3v) is 4.70. The maximum Gasteiger partial charge on any atom is 0.246 e. The number of ether oxygens (including phenoxy) is 2. The lowest BCUT2D eigenvalue weighted by Crippen LogP contribution is -2.40. The van der Waals surface area contributed by atoms with Gasteiger partial charge in [-0.25, -0.2) is 9.37 Å². The molecular weight excluding hydrogens is 385 g/mol. The first-order valence-electron chi connectivity index (χ1n) is 8.82. The first-order chi connectivity index (χ1) is 13.9. The van der Waals surface area contributed by atoms with E-state index in [2.05, 4.69) is 15.0 Å². The molecule has 4 rings (SSSR count). The van der Waals surface area contributed by atoms with Crippen molar-refractivity contribution in [2.75, 3.05) is 19.5 Å². The highest BCUT2D eigenvalue weighted by molar-refractivity contribution is 5.77. The van der Waals surface area contributed by atoms with E-state index in [9.17, 15) is 5.11 Å². The fraction of sp³-hybridized carbons (Fsp3) is 0.389. The van der Waals surface area contributed by atoms with E-state index in [0.717, 1.165) is 0 Å². The Kier molecular flexibility index (Phi) is 4.94. The van der Waals surface area contributed by atoms with Gasteiger partial charge < -0.3 is 25.2 Å². The molecule has 29 heavy (non-hydrogen) atoms. The number of anilines is 1. The van der Waals surface area contributed by atoms with E-state index in [0.29, 0.717) is 11.3 Å². The molecular formula is C18H20FN5O5. The lowest BCUT2D eigenvalue weighted by Gasteiger charge is -2.24. The molecule has 0 aliphatic carbocycles. The smallest absolute Gasteiger partial charge is 0.246 e. The number of nitrogens with two attached hydrogens (primary N) is 1. The van der Waals surface area contributed by atoms with Crippen LogP contribution in [0.3, 0.4) is 0 Å². The second-order valence-electron chi connectivity index (χ2n) is 6.72. The predicted molar refractivity (Wildman–Crippen MR) is 98.7 cm³/mol. The number of aromatic nitrogens is 4. The van der Waals surface area contributed by atoms with E-state index in [4.69, 9.17) is 25.0 Å². The molecule has 3 aromatic rings. The average molecular weight is 405 g/mol. The zero-order valence-corrected chi connectivity index (χ0v) is 15.7. The third-order valence-electron chi connectivity index (χ3n) is 4.70. The van der Waals surface area contributed by atoms with Crippen molar-refractivity contribution in [2.45, 2.75) is 31.0 Å². The Morgan fingerprint density at radius 3 is 2.79 bits per heavy atom. The van der Waals surface area contributed by atoms with Crippen LogP contribution in [0.4, 0.5) is 10.3 Å². The molecule has 1 saturated heterocycles. The minimum Gasteiger partial charge on any atom is -0.479 e. The molecule has 11 heteroatoms. The number of nitrogens with zero attached hydrogens (tertiary/aromatic N) is 4. The lowest BCUT2D eigenvalue weighted by atomic mass is 9.98. The highest BCUT2D eigenvalue weighted by Gasteiger charge is 2.55. The van der Waals surface area contributed by atoms with E-state index < -0.39 is 24.1 Å². The molecule has 1 fully saturated rings. The molecule has 1 aromatic carbocycles. The van der Waals surface area contributed by atoms with Gasteiger partial charge in [-0.05, 0) is 19.1 Å². The number of aliphatic hydroxyl groups is 1. The van der Waals surface area contributed by atoms with E-state index in [-0.39, 0.29) is 24.1 Å². The van der Waals surface area contributed by atoms with Crippen LogP contribution in [0.25, 0.3) is 11.2 Å². The van der Waals surface area contributed by atoms with Crippen molar-refractivity contribution in [3.05, 3.63) is 36.7 Å². The van der Waals surface area contributed by atoms with E-state index in [1.165, 1.54) is 24.9 Å². The number of hydrogen-bond acceptors (Lipinski definition) is 9. The normalized spacial score (nSPS) is 26.7. The molecule has 1 aliphatic rings. The van der Waals surface area contributed by atoms with Crippen LogP contribution < -0.4 is 15.4 Å². The predicted octanol–water partition coefficient (Wildman–Crippen LogP) is 1.41. The van der Waals surface area contributed by atoms with Gasteiger partial charge in [0.1, 0.15) is 18.8 Å². The number of hydrogen-bond donors (Lipinski definition) is 2. The fourth-order valence-electron chi connectivity index (χ4n) is 3.22. The Bertz CT molecular complexity index is 999. The number of methoxy groups -OCH3 is 1. The Hall–Kier alpha value is -3.02. The minimum absolute atomic E-state index is 0.0636. The van der Waals surface area contributed by atoms with Crippen LogP contribution in [0.15, 0.2) is 36.7 Å². The van der Waals surface area contributed by atoms with Crippen LogP contribution in [-0.4, -0.2) is 56.2 Å². The van der Waals surface area contributed by atoms with Crippen LogP contribution in [0.1, 0.15) is 13.2 Å². The van der Waals surface area contributed by atoms with Gasteiger partial charge in [0, 0.05) is 0 Å². The summed E-state index contributed by atoms with van der Waals surface area (Å²) in [5, 5.41) is 10.5. The van der Waals surface area contributed by atoms with Crippen molar-refractivity contribution in [1.82, 2.24) is 19.5 Å². The van der Waals surface area contributed by atoms with Crippen LogP contribution in [0, 0.1) is 0 Å². The highest BCUT2D eigenvalue weighted by Crippen LogP contribution is 2.42. The summed E-state index contributed by atoms with van der Waals surface area (Å²) in [5.74, 6) is 0.562. The van der Waals surface area contributed by atoms with Crippen molar-refractivity contribution in [3.8, 4) is 11.6 Å². The van der Waals surface area contributed by atoms with Crippen molar-refractivity contribution >= 4 is 17.1 Å². The van der Waals surface area contributed by atoms with Crippen molar-refractivity contribution in [2.24, 2.45) is 0 Å². The molecule has 4 atom stereocenters. The number of benzene rings is 1. The zero-order chi connectivity index (χ0) is 20.6. The average Bonchev–Trinajstić information content (AvgIpc) is 3.21. The Morgan fingerprint density at radius 2 is 2.07 bits per heavy atom. The van der Waals surface area contributed by atoms with Crippen molar-refractivity contribution in [1.29, 1.82) is 0 Å². The maximum atomic E-state index is 15.4. The first kappa shape index (κ1) is 19.3. The number of rotatable bonds is 6. The number of fused-ring (bicyclic) bond motifs is 1. The summed E-state index contributed by atoms with van der Waals surface area (Å²) in [5.41, 5.74) is 4.06. The Balaban J connectivity index is 1.55. The minimum atomic E-state index is -2.17. The number of aliphatic hydroxyl groups excluding tert-OH is 1. The zero-order valence-electron chi connectivity index (χ0n) is 15.7. The van der Waals surface area contributed by atoms with Gasteiger partial charge in [0.25, 0.3) is 0 Å². The van der Waals surface area contributed by atoms with E-state index >= 15 is 4.39 Å². The largest absolute Gasteiger partial charge is 0.479 e. The summed E-state index contributed by atoms with van der Waals surface area (Å²) in [6, 6.07) is 8.78. The van der Waals surface area contributed by atoms with Gasteiger partial charge in [0.2, 0.25) is 11.8 Å². The van der Waals surface area contributed by atoms with Gasteiger partial charge in [0.15, 0.2) is 28.8 Å². The summed E-state index contributed by atoms with van der Waals surface area (Å²) in [4.78, 5) is 22.5. The van der Waals surface area contributed by atoms with Gasteiger partial charge in [0.05, 0.1) is 13.4 Å². The van der Waals surface area contributed by atoms with Crippen LogP contribution in [0.2, 0.25) is 0 Å². The van der Waals surface area contributed by atoms with Crippen molar-refractivity contribution in [3.63, 3.8) is 0 Å². The second-order valence-corrected chi connectivity index (χ2v) is 6.72. The number of halogens is 1. The number of imidazole rings is 1. The van der Waals surface area contributed by atoms with Gasteiger partial charge in [-0.1, -0.05) is 18.2 Å². The van der Waals surface area contributed by atoms with Crippen LogP contribution in [-0.2, 0) is 9.62 Å². The van der Waals surface area contributed by atoms with E-state index in [1.54, 1.807) is 24.3 Å². The fourth-order valence-corrected chi connectivity index (χ4v) is 3.22. The second kappa shape index (κ2) is 7.43. The molecule has 10 nitrogen and oxygen atoms in total. The van der Waals surface area contributed by atoms with Crippen molar-refractivity contribution < 1.29 is 28.7 Å². The molecule has 0 bridgehead atoms. The number of nitrogen functional groups attached to an aromatic ring is 1. The SMILES string of the molecule is COc1nc(N)nc2c1ncn2[C@@H]1OC(COOc2ccccc2)[C@@H](O)[C@@]1(C)F.